The zero-order valence-electron chi connectivity index (χ0n) is 21.7. The summed E-state index contributed by atoms with van der Waals surface area (Å²) in [6.45, 7) is 1.45. The topological polar surface area (TPSA) is 102 Å². The minimum absolute atomic E-state index is 0.0281. The van der Waals surface area contributed by atoms with Gasteiger partial charge in [0.15, 0.2) is 6.61 Å². The summed E-state index contributed by atoms with van der Waals surface area (Å²) in [5, 5.41) is 4.72. The number of rotatable bonds is 8. The molecule has 0 aliphatic carbocycles. The monoisotopic (exact) mass is 622 g/mol. The van der Waals surface area contributed by atoms with E-state index >= 15 is 0 Å². The van der Waals surface area contributed by atoms with E-state index in [0.29, 0.717) is 10.2 Å². The highest BCUT2D eigenvalue weighted by Crippen LogP contribution is 2.35. The normalized spacial score (nSPS) is 15.3. The fraction of sp³-hybridized carbons (Fsp3) is 0.200. The molecule has 0 spiro atoms. The van der Waals surface area contributed by atoms with Crippen LogP contribution in [0.2, 0.25) is 0 Å². The second-order valence-electron chi connectivity index (χ2n) is 9.28. The van der Waals surface area contributed by atoms with E-state index in [1.807, 2.05) is 60.7 Å². The lowest BCUT2D eigenvalue weighted by molar-refractivity contribution is -0.151. The smallest absolute Gasteiger partial charge is 0.325 e. The van der Waals surface area contributed by atoms with Gasteiger partial charge in [-0.3, -0.25) is 9.59 Å². The molecule has 40 heavy (non-hydrogen) atoms. The van der Waals surface area contributed by atoms with Gasteiger partial charge in [-0.2, -0.15) is 4.31 Å². The summed E-state index contributed by atoms with van der Waals surface area (Å²) in [4.78, 5) is 25.9. The van der Waals surface area contributed by atoms with Gasteiger partial charge in [0.25, 0.3) is 5.91 Å². The molecule has 1 heterocycles. The van der Waals surface area contributed by atoms with Gasteiger partial charge in [-0.25, -0.2) is 8.42 Å². The van der Waals surface area contributed by atoms with E-state index in [1.54, 1.807) is 25.1 Å². The summed E-state index contributed by atoms with van der Waals surface area (Å²) in [5.74, 6) is -1.15. The lowest BCUT2D eigenvalue weighted by atomic mass is 9.96. The van der Waals surface area contributed by atoms with Crippen molar-refractivity contribution in [1.29, 1.82) is 0 Å². The number of carbonyl (C=O) groups excluding carboxylic acids is 2. The van der Waals surface area contributed by atoms with Crippen LogP contribution in [0, 0.1) is 0 Å². The molecular formula is C30H27BrN2O6S. The molecule has 1 aliphatic heterocycles. The largest absolute Gasteiger partial charge is 0.492 e. The Labute approximate surface area is 241 Å². The van der Waals surface area contributed by atoms with Crippen LogP contribution in [0.3, 0.4) is 0 Å². The minimum Gasteiger partial charge on any atom is -0.492 e. The van der Waals surface area contributed by atoms with Crippen LogP contribution in [0.15, 0.2) is 94.3 Å². The average Bonchev–Trinajstić information content (AvgIpc) is 2.96. The number of anilines is 1. The Kier molecular flexibility index (Phi) is 8.20. The van der Waals surface area contributed by atoms with Crippen molar-refractivity contribution in [2.75, 3.05) is 18.5 Å². The predicted octanol–water partition coefficient (Wildman–Crippen LogP) is 5.30. The van der Waals surface area contributed by atoms with Crippen molar-refractivity contribution < 1.29 is 27.5 Å². The van der Waals surface area contributed by atoms with Gasteiger partial charge in [-0.1, -0.05) is 70.5 Å². The third-order valence-electron chi connectivity index (χ3n) is 6.65. The molecule has 1 amide bonds. The molecule has 5 rings (SSSR count). The Hall–Kier alpha value is -3.73. The van der Waals surface area contributed by atoms with Crippen LogP contribution in [0.1, 0.15) is 18.1 Å². The lowest BCUT2D eigenvalue weighted by Gasteiger charge is -2.34. The highest BCUT2D eigenvalue weighted by atomic mass is 79.9. The van der Waals surface area contributed by atoms with Crippen molar-refractivity contribution in [3.63, 3.8) is 0 Å². The van der Waals surface area contributed by atoms with Gasteiger partial charge >= 0.3 is 5.97 Å². The predicted molar refractivity (Wildman–Crippen MR) is 156 cm³/mol. The number of carbonyl (C=O) groups is 2. The van der Waals surface area contributed by atoms with Gasteiger partial charge in [0, 0.05) is 23.1 Å². The molecule has 0 aromatic heterocycles. The Bertz CT molecular complexity index is 1690. The highest BCUT2D eigenvalue weighted by molar-refractivity contribution is 9.10. The van der Waals surface area contributed by atoms with E-state index in [4.69, 9.17) is 9.47 Å². The van der Waals surface area contributed by atoms with Crippen molar-refractivity contribution in [2.45, 2.75) is 30.8 Å². The SMILES string of the molecule is CCOc1ccc(Br)cc1S(=O)(=O)N1Cc2ccccc2C[C@H]1C(=O)OCC(=O)Nc1ccc2ccccc2c1. The maximum absolute atomic E-state index is 14.0. The van der Waals surface area contributed by atoms with Gasteiger partial charge in [0.1, 0.15) is 16.7 Å². The van der Waals surface area contributed by atoms with Gasteiger partial charge in [-0.05, 0) is 59.2 Å². The van der Waals surface area contributed by atoms with Crippen LogP contribution >= 0.6 is 15.9 Å². The summed E-state index contributed by atoms with van der Waals surface area (Å²) in [5.41, 5.74) is 2.20. The third-order valence-corrected chi connectivity index (χ3v) is 9.02. The quantitative estimate of drug-likeness (QED) is 0.268. The molecule has 1 N–H and O–H groups in total. The summed E-state index contributed by atoms with van der Waals surface area (Å²) in [7, 11) is -4.21. The summed E-state index contributed by atoms with van der Waals surface area (Å²) in [6.07, 6.45) is 0.110. The van der Waals surface area contributed by atoms with Gasteiger partial charge in [0.2, 0.25) is 10.0 Å². The van der Waals surface area contributed by atoms with Gasteiger partial charge in [-0.15, -0.1) is 0 Å². The fourth-order valence-electron chi connectivity index (χ4n) is 4.73. The van der Waals surface area contributed by atoms with E-state index in [-0.39, 0.29) is 30.2 Å². The molecule has 8 nitrogen and oxygen atoms in total. The Morgan fingerprint density at radius 2 is 1.68 bits per heavy atom. The number of fused-ring (bicyclic) bond motifs is 2. The molecule has 4 aromatic carbocycles. The Morgan fingerprint density at radius 1 is 0.950 bits per heavy atom. The molecule has 10 heteroatoms. The molecule has 0 fully saturated rings. The second-order valence-corrected chi connectivity index (χ2v) is 12.1. The van der Waals surface area contributed by atoms with Crippen molar-refractivity contribution in [1.82, 2.24) is 4.31 Å². The first-order valence-electron chi connectivity index (χ1n) is 12.7. The van der Waals surface area contributed by atoms with Crippen LogP contribution in [0.25, 0.3) is 10.8 Å². The zero-order valence-corrected chi connectivity index (χ0v) is 24.1. The van der Waals surface area contributed by atoms with E-state index in [1.165, 1.54) is 6.07 Å². The fourth-order valence-corrected chi connectivity index (χ4v) is 6.96. The number of hydrogen-bond acceptors (Lipinski definition) is 6. The molecule has 0 bridgehead atoms. The summed E-state index contributed by atoms with van der Waals surface area (Å²) in [6, 6.07) is 24.1. The minimum atomic E-state index is -4.21. The van der Waals surface area contributed by atoms with Crippen LogP contribution in [-0.4, -0.2) is 43.9 Å². The molecule has 206 valence electrons. The number of ether oxygens (including phenoxy) is 2. The van der Waals surface area contributed by atoms with E-state index < -0.39 is 34.5 Å². The maximum atomic E-state index is 14.0. The number of benzene rings is 4. The highest BCUT2D eigenvalue weighted by Gasteiger charge is 2.42. The van der Waals surface area contributed by atoms with Crippen molar-refractivity contribution >= 4 is 54.3 Å². The number of sulfonamides is 1. The zero-order chi connectivity index (χ0) is 28.3. The van der Waals surface area contributed by atoms with E-state index in [9.17, 15) is 18.0 Å². The first kappa shape index (κ1) is 27.8. The van der Waals surface area contributed by atoms with Crippen LogP contribution in [0.4, 0.5) is 5.69 Å². The number of hydrogen-bond donors (Lipinski definition) is 1. The average molecular weight is 624 g/mol. The van der Waals surface area contributed by atoms with Crippen molar-refractivity contribution in [2.24, 2.45) is 0 Å². The number of halogens is 1. The third kappa shape index (κ3) is 5.89. The molecular weight excluding hydrogens is 596 g/mol. The molecule has 0 saturated carbocycles. The molecule has 0 unspecified atom stereocenters. The van der Waals surface area contributed by atoms with Crippen molar-refractivity contribution in [3.8, 4) is 5.75 Å². The van der Waals surface area contributed by atoms with E-state index in [2.05, 4.69) is 21.2 Å². The van der Waals surface area contributed by atoms with Gasteiger partial charge < -0.3 is 14.8 Å². The lowest BCUT2D eigenvalue weighted by Crippen LogP contribution is -2.49. The molecule has 1 aliphatic rings. The standard InChI is InChI=1S/C30H27BrN2O6S/c1-2-38-27-14-12-24(31)17-28(27)40(36,37)33-18-23-10-6-5-9-22(23)16-26(33)30(35)39-19-29(34)32-25-13-11-20-7-3-4-8-21(20)15-25/h3-15,17,26H,2,16,18-19H2,1H3,(H,32,34)/t26-/m0/s1. The van der Waals surface area contributed by atoms with Gasteiger partial charge in [0.05, 0.1) is 6.61 Å². The molecule has 0 saturated heterocycles. The number of nitrogens with one attached hydrogen (secondary N) is 1. The van der Waals surface area contributed by atoms with Crippen LogP contribution < -0.4 is 10.1 Å². The van der Waals surface area contributed by atoms with Crippen molar-refractivity contribution in [3.05, 3.63) is 101 Å². The summed E-state index contributed by atoms with van der Waals surface area (Å²) >= 11 is 3.34. The van der Waals surface area contributed by atoms with Crippen LogP contribution in [0.5, 0.6) is 5.75 Å². The maximum Gasteiger partial charge on any atom is 0.325 e. The molecule has 0 radical (unpaired) electrons. The number of esters is 1. The Morgan fingerprint density at radius 3 is 2.45 bits per heavy atom. The van der Waals surface area contributed by atoms with Crippen LogP contribution in [-0.2, 0) is 37.3 Å². The molecule has 4 aromatic rings. The van der Waals surface area contributed by atoms with E-state index in [0.717, 1.165) is 26.2 Å². The first-order valence-corrected chi connectivity index (χ1v) is 15.0. The number of nitrogens with zero attached hydrogens (tertiary/aromatic N) is 1. The molecule has 1 atom stereocenters. The second kappa shape index (κ2) is 11.8. The summed E-state index contributed by atoms with van der Waals surface area (Å²) < 4.78 is 40.6. The number of amides is 1. The first-order chi connectivity index (χ1) is 19.3. The Balaban J connectivity index is 1.37.